The van der Waals surface area contributed by atoms with Crippen LogP contribution in [0.3, 0.4) is 0 Å². The van der Waals surface area contributed by atoms with E-state index in [1.54, 1.807) is 60.6 Å². The number of ketones is 6. The average Bonchev–Trinajstić information content (AvgIpc) is 0.752. The lowest BCUT2D eigenvalue weighted by Gasteiger charge is -2.30. The Balaban J connectivity index is 0.000000801. The highest BCUT2D eigenvalue weighted by atomic mass is 16.1. The lowest BCUT2D eigenvalue weighted by Crippen LogP contribution is -2.32. The summed E-state index contributed by atoms with van der Waals surface area (Å²) in [5.74, 6) is -5.82. The number of carbonyl (C=O) groups excluding carboxylic acids is 6. The van der Waals surface area contributed by atoms with Crippen LogP contribution in [-0.4, -0.2) is 34.7 Å². The molecule has 0 saturated heterocycles. The quantitative estimate of drug-likeness (QED) is 0.0598. The molecule has 0 aliphatic heterocycles. The van der Waals surface area contributed by atoms with Gasteiger partial charge in [0.25, 0.3) is 0 Å². The van der Waals surface area contributed by atoms with Crippen molar-refractivity contribution in [3.63, 3.8) is 0 Å². The minimum absolute atomic E-state index is 0.00808. The molecular weight excluding hydrogens is 1430 g/mol. The van der Waals surface area contributed by atoms with Crippen LogP contribution in [0.5, 0.6) is 0 Å². The Kier molecular flexibility index (Phi) is 32.4. The fourth-order valence-corrected chi connectivity index (χ4v) is 13.2. The summed E-state index contributed by atoms with van der Waals surface area (Å²) in [4.78, 5) is 77.3. The van der Waals surface area contributed by atoms with E-state index in [4.69, 9.17) is 21.9 Å². The summed E-state index contributed by atoms with van der Waals surface area (Å²) in [5.41, 5.74) is 1.16. The van der Waals surface area contributed by atoms with Gasteiger partial charge in [-0.25, -0.2) is 0 Å². The van der Waals surface area contributed by atoms with Crippen molar-refractivity contribution >= 4 is 34.7 Å². The van der Waals surface area contributed by atoms with Gasteiger partial charge in [-0.3, -0.25) is 28.8 Å². The maximum Gasteiger partial charge on any atom is 0.141 e. The minimum Gasteiger partial charge on any atom is -0.299 e. The van der Waals surface area contributed by atoms with E-state index < -0.39 is 105 Å². The van der Waals surface area contributed by atoms with Crippen molar-refractivity contribution in [2.45, 2.75) is 347 Å². The van der Waals surface area contributed by atoms with Crippen molar-refractivity contribution in [3.8, 4) is 0 Å². The molecule has 0 heterocycles. The molecule has 0 spiro atoms. The smallest absolute Gasteiger partial charge is 0.141 e. The molecule has 6 heteroatoms. The van der Waals surface area contributed by atoms with Crippen LogP contribution in [0.25, 0.3) is 0 Å². The van der Waals surface area contributed by atoms with Crippen molar-refractivity contribution in [3.05, 3.63) is 214 Å². The first-order chi connectivity index (χ1) is 59.1. The molecule has 7 atom stereocenters. The molecule has 0 aliphatic carbocycles. The number of carbonyl (C=O) groups is 6. The second-order valence-electron chi connectivity index (χ2n) is 46.0. The summed E-state index contributed by atoms with van der Waals surface area (Å²) < 4.78 is 134. The van der Waals surface area contributed by atoms with Crippen LogP contribution in [0, 0.1) is 121 Å². The van der Waals surface area contributed by atoms with Gasteiger partial charge in [-0.1, -0.05) is 430 Å². The van der Waals surface area contributed by atoms with E-state index in [1.165, 1.54) is 18.1 Å². The van der Waals surface area contributed by atoms with Crippen LogP contribution in [0.4, 0.5) is 0 Å². The maximum absolute atomic E-state index is 13.2. The minimum atomic E-state index is -2.67. The van der Waals surface area contributed by atoms with Crippen molar-refractivity contribution < 1.29 is 50.7 Å². The molecule has 0 aliphatic rings. The number of rotatable bonds is 24. The largest absolute Gasteiger partial charge is 0.299 e. The first-order valence-electron chi connectivity index (χ1n) is 50.7. The Morgan fingerprint density at radius 3 is 0.897 bits per heavy atom. The molecular formula is C111H174O6. The van der Waals surface area contributed by atoms with E-state index >= 15 is 0 Å². The summed E-state index contributed by atoms with van der Waals surface area (Å²) in [6.07, 6.45) is -0.594. The van der Waals surface area contributed by atoms with E-state index in [-0.39, 0.29) is 116 Å². The predicted octanol–water partition coefficient (Wildman–Crippen LogP) is 30.3. The second-order valence-corrected chi connectivity index (χ2v) is 46.0. The predicted molar refractivity (Wildman–Crippen MR) is 507 cm³/mol. The summed E-state index contributed by atoms with van der Waals surface area (Å²) >= 11 is 0. The Morgan fingerprint density at radius 2 is 0.538 bits per heavy atom. The molecule has 0 radical (unpaired) electrons. The van der Waals surface area contributed by atoms with Gasteiger partial charge < -0.3 is 0 Å². The van der Waals surface area contributed by atoms with Gasteiger partial charge in [0.05, 0.1) is 11.0 Å². The van der Waals surface area contributed by atoms with Crippen LogP contribution in [-0.2, 0) is 67.2 Å². The molecule has 0 bridgehead atoms. The Morgan fingerprint density at radius 1 is 0.265 bits per heavy atom. The molecule has 0 fully saturated rings. The van der Waals surface area contributed by atoms with Crippen LogP contribution in [0.1, 0.15) is 360 Å². The standard InChI is InChI=1S/3C19H30O.3C18H28O/c1-14-8-10-15(11-9-14)12-16(13-18(2,3)4)17(20)19(5,6)7;2*1-14-9-8-10-15(11-14)12-16(13-18(2,3)4)17(20)19(5,6)7;3*1-17(2,3)13-15(16(19)18(4,5)6)12-14-10-8-7-9-11-14/h3*8-11,16H,12-13H2,1-7H3;3*7-11,15H,12-13H2,1-6H3/t3*16-;3*15-/m111111/s1/i;8D,9D,10D,11D,12D2,16D;8D,9D,10D,11D;12D,15D;15D;12D2/t;2m;12-,15-;2m. The molecule has 117 heavy (non-hydrogen) atoms. The van der Waals surface area contributed by atoms with Crippen molar-refractivity contribution in [2.24, 2.45) is 100 Å². The number of hydrogen-bond donors (Lipinski definition) is 0. The van der Waals surface area contributed by atoms with Crippen molar-refractivity contribution in [1.82, 2.24) is 0 Å². The SMILES string of the molecule is Cc1ccc(C[C@H](CC(C)(C)C)C(=O)C(C)(C)C)cc1.[2H]C([2H])(c1ccccc1)[C@H](CC(C)(C)C)C(=O)C(C)(C)C.[2H][C@@](Cc1ccccc1)(CC(C)(C)C)C(=O)C(C)(C)C.[2H][C@H](c1ccccc1)[C@]([2H])(CC(C)(C)C)C(=O)C(C)(C)C.[2H]c1c([2H])c(C)c([2H])c(C([2H])([2H])[C@]([2H])(CC(C)(C)C)C(=O)C(C)(C)C)c1[2H].[2H]c1c([2H])c(C)c([2H])c(C[C@H](CC(C)(C)C)C(=O)C(C)(C)C)c1[2H]. The number of Topliss-reactive ketones (excluding diaryl/α,β-unsaturated/α-hetero) is 6. The summed E-state index contributed by atoms with van der Waals surface area (Å²) in [6, 6.07) is 34.8. The number of hydrogen-bond acceptors (Lipinski definition) is 6. The molecule has 6 nitrogen and oxygen atoms in total. The molecule has 6 rings (SSSR count). The lowest BCUT2D eigenvalue weighted by molar-refractivity contribution is -0.132. The van der Waals surface area contributed by atoms with Gasteiger partial charge in [-0.15, -0.1) is 0 Å². The van der Waals surface area contributed by atoms with E-state index in [0.717, 1.165) is 24.0 Å². The van der Waals surface area contributed by atoms with Gasteiger partial charge in [-0.2, -0.15) is 0 Å². The Hall–Kier alpha value is -6.66. The van der Waals surface area contributed by atoms with Crippen LogP contribution >= 0.6 is 0 Å². The number of benzene rings is 6. The zero-order chi connectivity index (χ0) is 105. The summed E-state index contributed by atoms with van der Waals surface area (Å²) in [6.45, 7) is 75.4. The third-order valence-electron chi connectivity index (χ3n) is 18.3. The maximum atomic E-state index is 13.2. The Bertz CT molecular complexity index is 4760. The molecule has 0 aromatic heterocycles. The summed E-state index contributed by atoms with van der Waals surface area (Å²) in [7, 11) is 0. The first kappa shape index (κ1) is 82.6. The highest BCUT2D eigenvalue weighted by molar-refractivity contribution is 5.89. The third-order valence-corrected chi connectivity index (χ3v) is 18.3. The Labute approximate surface area is 743 Å². The zero-order valence-corrected chi connectivity index (χ0v) is 81.1. The molecule has 0 unspecified atom stereocenters. The van der Waals surface area contributed by atoms with E-state index in [0.29, 0.717) is 54.6 Å². The van der Waals surface area contributed by atoms with E-state index in [1.807, 2.05) is 203 Å². The third kappa shape index (κ3) is 48.4. The van der Waals surface area contributed by atoms with E-state index in [2.05, 4.69) is 114 Å². The highest BCUT2D eigenvalue weighted by Gasteiger charge is 2.38. The van der Waals surface area contributed by atoms with Gasteiger partial charge in [0, 0.05) is 78.9 Å². The fourth-order valence-electron chi connectivity index (χ4n) is 13.2. The fraction of sp³-hybridized carbons (Fsp3) is 0.622. The lowest BCUT2D eigenvalue weighted by atomic mass is 9.73. The van der Waals surface area contributed by atoms with Crippen LogP contribution in [0.2, 0.25) is 0 Å². The van der Waals surface area contributed by atoms with Gasteiger partial charge in [0.1, 0.15) is 34.7 Å². The molecule has 6 aromatic carbocycles. The van der Waals surface area contributed by atoms with Gasteiger partial charge in [0.15, 0.2) is 0 Å². The average molecular weight is 1620 g/mol. The van der Waals surface area contributed by atoms with E-state index in [9.17, 15) is 28.8 Å². The van der Waals surface area contributed by atoms with Crippen LogP contribution < -0.4 is 0 Å². The molecule has 0 saturated carbocycles. The molecule has 0 N–H and O–H groups in total. The second kappa shape index (κ2) is 45.8. The zero-order valence-electron chi connectivity index (χ0n) is 97.1. The molecule has 654 valence electrons. The highest BCUT2D eigenvalue weighted by Crippen LogP contribution is 2.39. The topological polar surface area (TPSA) is 102 Å². The van der Waals surface area contributed by atoms with Crippen molar-refractivity contribution in [1.29, 1.82) is 0 Å². The van der Waals surface area contributed by atoms with Gasteiger partial charge >= 0.3 is 0 Å². The molecule has 0 amide bonds. The van der Waals surface area contributed by atoms with Crippen LogP contribution in [0.15, 0.2) is 164 Å². The van der Waals surface area contributed by atoms with Crippen molar-refractivity contribution in [2.75, 3.05) is 0 Å². The normalized spacial score (nSPS) is 17.5. The van der Waals surface area contributed by atoms with Gasteiger partial charge in [0.2, 0.25) is 0 Å². The monoisotopic (exact) mass is 1620 g/mol. The molecule has 6 aromatic rings. The summed E-state index contributed by atoms with van der Waals surface area (Å²) in [5, 5.41) is 0. The number of aryl methyl sites for hydroxylation is 1. The first-order valence-corrected chi connectivity index (χ1v) is 42.6. The van der Waals surface area contributed by atoms with Gasteiger partial charge in [-0.05, 0) is 164 Å².